The first-order chi connectivity index (χ1) is 12.4. The Morgan fingerprint density at radius 1 is 1.31 bits per heavy atom. The second-order valence-electron chi connectivity index (χ2n) is 6.05. The molecule has 0 bridgehead atoms. The molecule has 0 aliphatic carbocycles. The Morgan fingerprint density at radius 2 is 2.15 bits per heavy atom. The first-order valence-electron chi connectivity index (χ1n) is 8.22. The number of benzene rings is 1. The van der Waals surface area contributed by atoms with Gasteiger partial charge in [-0.25, -0.2) is 17.5 Å². The predicted octanol–water partition coefficient (Wildman–Crippen LogP) is 2.40. The highest BCUT2D eigenvalue weighted by molar-refractivity contribution is 7.89. The monoisotopic (exact) mass is 378 g/mol. The molecule has 2 heterocycles. The fourth-order valence-corrected chi connectivity index (χ4v) is 4.13. The highest BCUT2D eigenvalue weighted by Crippen LogP contribution is 2.16. The van der Waals surface area contributed by atoms with Crippen molar-refractivity contribution in [2.75, 3.05) is 13.1 Å². The molecule has 2 aromatic rings. The van der Waals surface area contributed by atoms with Gasteiger partial charge in [0.15, 0.2) is 0 Å². The van der Waals surface area contributed by atoms with Crippen LogP contribution in [0.4, 0.5) is 4.39 Å². The first-order valence-corrected chi connectivity index (χ1v) is 9.71. The maximum atomic E-state index is 13.3. The van der Waals surface area contributed by atoms with E-state index >= 15 is 0 Å². The van der Waals surface area contributed by atoms with E-state index in [1.54, 1.807) is 23.1 Å². The maximum Gasteiger partial charge on any atom is 0.246 e. The Hall–Kier alpha value is -2.45. The molecule has 3 rings (SSSR count). The highest BCUT2D eigenvalue weighted by atomic mass is 32.2. The molecule has 1 atom stereocenters. The van der Waals surface area contributed by atoms with Crippen LogP contribution in [0.3, 0.4) is 0 Å². The zero-order chi connectivity index (χ0) is 18.6. The second kappa shape index (κ2) is 7.84. The molecule has 138 valence electrons. The number of hydrogen-bond donors (Lipinski definition) is 1. The van der Waals surface area contributed by atoms with Crippen LogP contribution in [0.15, 0.2) is 58.1 Å². The van der Waals surface area contributed by atoms with Crippen molar-refractivity contribution in [3.05, 3.63) is 60.3 Å². The SMILES string of the molecule is O=C(/C=C/c1ccco1)N1CCCC(NS(=O)(=O)c2cccc(F)c2)C1. The van der Waals surface area contributed by atoms with E-state index in [9.17, 15) is 17.6 Å². The summed E-state index contributed by atoms with van der Waals surface area (Å²) in [6, 6.07) is 7.88. The Kier molecular flexibility index (Phi) is 5.53. The standard InChI is InChI=1S/C18H19FN2O4S/c19-14-4-1-7-17(12-14)26(23,24)20-15-5-2-10-21(13-15)18(22)9-8-16-6-3-11-25-16/h1,3-4,6-9,11-12,15,20H,2,5,10,13H2/b9-8+. The average molecular weight is 378 g/mol. The van der Waals surface area contributed by atoms with Gasteiger partial charge in [0, 0.05) is 25.2 Å². The number of carbonyl (C=O) groups is 1. The normalized spacial score (nSPS) is 18.3. The molecule has 1 aromatic heterocycles. The molecule has 1 aromatic carbocycles. The minimum atomic E-state index is -3.84. The molecule has 1 aliphatic rings. The van der Waals surface area contributed by atoms with Crippen LogP contribution >= 0.6 is 0 Å². The summed E-state index contributed by atoms with van der Waals surface area (Å²) in [7, 11) is -3.84. The van der Waals surface area contributed by atoms with Crippen molar-refractivity contribution < 1.29 is 22.0 Å². The number of nitrogens with one attached hydrogen (secondary N) is 1. The van der Waals surface area contributed by atoms with Crippen molar-refractivity contribution in [3.63, 3.8) is 0 Å². The molecular formula is C18H19FN2O4S. The first kappa shape index (κ1) is 18.3. The van der Waals surface area contributed by atoms with Gasteiger partial charge in [0.05, 0.1) is 11.2 Å². The van der Waals surface area contributed by atoms with Gasteiger partial charge in [-0.3, -0.25) is 4.79 Å². The van der Waals surface area contributed by atoms with E-state index in [-0.39, 0.29) is 17.3 Å². The fourth-order valence-electron chi connectivity index (χ4n) is 2.84. The lowest BCUT2D eigenvalue weighted by atomic mass is 10.1. The number of furan rings is 1. The summed E-state index contributed by atoms with van der Waals surface area (Å²) in [5.41, 5.74) is 0. The largest absolute Gasteiger partial charge is 0.465 e. The van der Waals surface area contributed by atoms with Crippen molar-refractivity contribution in [2.45, 2.75) is 23.8 Å². The van der Waals surface area contributed by atoms with Gasteiger partial charge in [-0.05, 0) is 49.2 Å². The van der Waals surface area contributed by atoms with Crippen LogP contribution in [-0.2, 0) is 14.8 Å². The zero-order valence-corrected chi connectivity index (χ0v) is 14.8. The van der Waals surface area contributed by atoms with Gasteiger partial charge in [0.1, 0.15) is 11.6 Å². The molecular weight excluding hydrogens is 359 g/mol. The Morgan fingerprint density at radius 3 is 2.88 bits per heavy atom. The molecule has 1 saturated heterocycles. The minimum absolute atomic E-state index is 0.126. The number of likely N-dealkylation sites (tertiary alicyclic amines) is 1. The Labute approximate surface area is 151 Å². The van der Waals surface area contributed by atoms with Crippen molar-refractivity contribution >= 4 is 22.0 Å². The van der Waals surface area contributed by atoms with Gasteiger partial charge < -0.3 is 9.32 Å². The zero-order valence-electron chi connectivity index (χ0n) is 14.0. The van der Waals surface area contributed by atoms with E-state index in [0.29, 0.717) is 25.1 Å². The van der Waals surface area contributed by atoms with Crippen LogP contribution in [0, 0.1) is 5.82 Å². The molecule has 26 heavy (non-hydrogen) atoms. The van der Waals surface area contributed by atoms with E-state index in [4.69, 9.17) is 4.42 Å². The molecule has 1 N–H and O–H groups in total. The van der Waals surface area contributed by atoms with Gasteiger partial charge in [0.25, 0.3) is 0 Å². The van der Waals surface area contributed by atoms with Crippen LogP contribution in [0.5, 0.6) is 0 Å². The Bertz CT molecular complexity index is 894. The summed E-state index contributed by atoms with van der Waals surface area (Å²) in [4.78, 5) is 13.7. The van der Waals surface area contributed by atoms with Crippen molar-refractivity contribution in [2.24, 2.45) is 0 Å². The van der Waals surface area contributed by atoms with E-state index in [0.717, 1.165) is 6.07 Å². The third kappa shape index (κ3) is 4.59. The van der Waals surface area contributed by atoms with Crippen LogP contribution in [0.25, 0.3) is 6.08 Å². The van der Waals surface area contributed by atoms with E-state index in [1.165, 1.54) is 30.5 Å². The van der Waals surface area contributed by atoms with E-state index in [1.807, 2.05) is 0 Å². The molecule has 0 spiro atoms. The number of piperidine rings is 1. The highest BCUT2D eigenvalue weighted by Gasteiger charge is 2.27. The van der Waals surface area contributed by atoms with Crippen LogP contribution < -0.4 is 4.72 Å². The third-order valence-corrected chi connectivity index (χ3v) is 5.61. The summed E-state index contributed by atoms with van der Waals surface area (Å²) in [6.45, 7) is 0.815. The molecule has 1 amide bonds. The van der Waals surface area contributed by atoms with Crippen LogP contribution in [0.2, 0.25) is 0 Å². The smallest absolute Gasteiger partial charge is 0.246 e. The van der Waals surface area contributed by atoms with Crippen molar-refractivity contribution in [1.29, 1.82) is 0 Å². The van der Waals surface area contributed by atoms with Gasteiger partial charge >= 0.3 is 0 Å². The number of amides is 1. The van der Waals surface area contributed by atoms with E-state index < -0.39 is 21.9 Å². The average Bonchev–Trinajstić information content (AvgIpc) is 3.13. The molecule has 1 aliphatic heterocycles. The van der Waals surface area contributed by atoms with Gasteiger partial charge in [0.2, 0.25) is 15.9 Å². The lowest BCUT2D eigenvalue weighted by molar-refractivity contribution is -0.127. The predicted molar refractivity (Wildman–Crippen MR) is 94.1 cm³/mol. The van der Waals surface area contributed by atoms with Gasteiger partial charge in [-0.1, -0.05) is 6.07 Å². The lowest BCUT2D eigenvalue weighted by Crippen LogP contribution is -2.49. The van der Waals surface area contributed by atoms with Crippen LogP contribution in [0.1, 0.15) is 18.6 Å². The topological polar surface area (TPSA) is 79.6 Å². The minimum Gasteiger partial charge on any atom is -0.465 e. The van der Waals surface area contributed by atoms with Gasteiger partial charge in [-0.2, -0.15) is 0 Å². The lowest BCUT2D eigenvalue weighted by Gasteiger charge is -2.32. The number of halogens is 1. The Balaban J connectivity index is 1.64. The molecule has 8 heteroatoms. The molecule has 1 unspecified atom stereocenters. The summed E-state index contributed by atoms with van der Waals surface area (Å²) >= 11 is 0. The molecule has 1 fully saturated rings. The second-order valence-corrected chi connectivity index (χ2v) is 7.76. The van der Waals surface area contributed by atoms with Gasteiger partial charge in [-0.15, -0.1) is 0 Å². The fraction of sp³-hybridized carbons (Fsp3) is 0.278. The van der Waals surface area contributed by atoms with Crippen molar-refractivity contribution in [1.82, 2.24) is 9.62 Å². The van der Waals surface area contributed by atoms with Crippen molar-refractivity contribution in [3.8, 4) is 0 Å². The molecule has 0 radical (unpaired) electrons. The number of sulfonamides is 1. The summed E-state index contributed by atoms with van der Waals surface area (Å²) < 4.78 is 45.8. The number of nitrogens with zero attached hydrogens (tertiary/aromatic N) is 1. The summed E-state index contributed by atoms with van der Waals surface area (Å²) in [5, 5.41) is 0. The number of hydrogen-bond acceptors (Lipinski definition) is 4. The third-order valence-electron chi connectivity index (χ3n) is 4.09. The summed E-state index contributed by atoms with van der Waals surface area (Å²) in [6.07, 6.45) is 5.78. The van der Waals surface area contributed by atoms with Crippen LogP contribution in [-0.4, -0.2) is 38.4 Å². The molecule has 6 nitrogen and oxygen atoms in total. The number of rotatable bonds is 5. The summed E-state index contributed by atoms with van der Waals surface area (Å²) in [5.74, 6) is -0.258. The quantitative estimate of drug-likeness (QED) is 0.811. The number of carbonyl (C=O) groups excluding carboxylic acids is 1. The maximum absolute atomic E-state index is 13.3. The van der Waals surface area contributed by atoms with E-state index in [2.05, 4.69) is 4.72 Å². The molecule has 0 saturated carbocycles.